The maximum Gasteiger partial charge on any atom is 0.279 e. The Morgan fingerprint density at radius 2 is 1.46 bits per heavy atom. The zero-order valence-corrected chi connectivity index (χ0v) is 16.6. The highest BCUT2D eigenvalue weighted by molar-refractivity contribution is 6.77. The summed E-state index contributed by atoms with van der Waals surface area (Å²) in [6.45, 7) is 0. The number of anilines is 3. The van der Waals surface area contributed by atoms with Gasteiger partial charge >= 0.3 is 0 Å². The van der Waals surface area contributed by atoms with Crippen molar-refractivity contribution in [2.45, 2.75) is 41.9 Å². The topological polar surface area (TPSA) is 32.3 Å². The molecule has 0 unspecified atom stereocenters. The molecule has 3 nitrogen and oxygen atoms in total. The van der Waals surface area contributed by atoms with E-state index in [0.29, 0.717) is 0 Å². The van der Waals surface area contributed by atoms with Gasteiger partial charge in [-0.2, -0.15) is 0 Å². The predicted octanol–water partition coefficient (Wildman–Crippen LogP) is 6.47. The summed E-state index contributed by atoms with van der Waals surface area (Å²) in [4.78, 5) is 14.4. The summed E-state index contributed by atoms with van der Waals surface area (Å²) in [6, 6.07) is 17.6. The average Bonchev–Trinajstić information content (AvgIpc) is 2.64. The molecule has 0 saturated heterocycles. The molecular formula is C20H21Cl3N2O. The lowest BCUT2D eigenvalue weighted by molar-refractivity contribution is -0.118. The number of benzene rings is 2. The van der Waals surface area contributed by atoms with Crippen molar-refractivity contribution >= 4 is 57.8 Å². The lowest BCUT2D eigenvalue weighted by Crippen LogP contribution is -2.47. The first-order valence-corrected chi connectivity index (χ1v) is 9.91. The third kappa shape index (κ3) is 4.85. The van der Waals surface area contributed by atoms with E-state index in [4.69, 9.17) is 34.8 Å². The van der Waals surface area contributed by atoms with Crippen molar-refractivity contribution in [3.8, 4) is 0 Å². The van der Waals surface area contributed by atoms with Crippen LogP contribution in [0.25, 0.3) is 0 Å². The van der Waals surface area contributed by atoms with Crippen LogP contribution in [-0.4, -0.2) is 15.7 Å². The van der Waals surface area contributed by atoms with Gasteiger partial charge in [-0.25, -0.2) is 0 Å². The first-order valence-electron chi connectivity index (χ1n) is 8.78. The van der Waals surface area contributed by atoms with Crippen LogP contribution in [0.15, 0.2) is 54.6 Å². The quantitative estimate of drug-likeness (QED) is 0.585. The molecular weight excluding hydrogens is 391 g/mol. The van der Waals surface area contributed by atoms with E-state index in [1.54, 1.807) is 4.90 Å². The first-order chi connectivity index (χ1) is 12.4. The van der Waals surface area contributed by atoms with Crippen LogP contribution in [0.2, 0.25) is 0 Å². The summed E-state index contributed by atoms with van der Waals surface area (Å²) in [5, 5.41) is 3.33. The van der Waals surface area contributed by atoms with Crippen LogP contribution in [0, 0.1) is 0 Å². The first kappa shape index (κ1) is 19.3. The van der Waals surface area contributed by atoms with Crippen LogP contribution in [0.1, 0.15) is 32.1 Å². The lowest BCUT2D eigenvalue weighted by atomic mass is 9.93. The van der Waals surface area contributed by atoms with Crippen LogP contribution in [-0.2, 0) is 4.79 Å². The van der Waals surface area contributed by atoms with Crippen molar-refractivity contribution in [3.63, 3.8) is 0 Å². The Balaban J connectivity index is 1.83. The van der Waals surface area contributed by atoms with E-state index in [1.807, 2.05) is 54.6 Å². The van der Waals surface area contributed by atoms with Gasteiger partial charge in [0.15, 0.2) is 0 Å². The number of hydrogen-bond donors (Lipinski definition) is 1. The fourth-order valence-electron chi connectivity index (χ4n) is 3.36. The van der Waals surface area contributed by atoms with Crippen LogP contribution in [0.3, 0.4) is 0 Å². The molecule has 0 aliphatic heterocycles. The molecule has 1 saturated carbocycles. The van der Waals surface area contributed by atoms with Crippen LogP contribution in [0.5, 0.6) is 0 Å². The molecule has 1 aliphatic rings. The number of halogens is 3. The molecule has 0 radical (unpaired) electrons. The normalized spacial score (nSPS) is 15.5. The summed E-state index contributed by atoms with van der Waals surface area (Å²) in [7, 11) is 0. The molecule has 1 amide bonds. The summed E-state index contributed by atoms with van der Waals surface area (Å²) >= 11 is 17.7. The number of hydrogen-bond acceptors (Lipinski definition) is 2. The number of alkyl halides is 3. The van der Waals surface area contributed by atoms with E-state index < -0.39 is 9.70 Å². The Kier molecular flexibility index (Phi) is 6.33. The predicted molar refractivity (Wildman–Crippen MR) is 111 cm³/mol. The summed E-state index contributed by atoms with van der Waals surface area (Å²) in [6.07, 6.45) is 5.21. The average molecular weight is 412 g/mol. The van der Waals surface area contributed by atoms with Gasteiger partial charge in [-0.1, -0.05) is 72.3 Å². The molecule has 1 fully saturated rings. The van der Waals surface area contributed by atoms with Crippen molar-refractivity contribution in [1.29, 1.82) is 0 Å². The SMILES string of the molecule is O=C(N(c1ccc(Nc2ccccc2)cc1)C1CCCCC1)C(Cl)(Cl)Cl. The maximum atomic E-state index is 12.8. The number of nitrogens with one attached hydrogen (secondary N) is 1. The second-order valence-electron chi connectivity index (χ2n) is 6.50. The van der Waals surface area contributed by atoms with Crippen LogP contribution < -0.4 is 10.2 Å². The zero-order valence-electron chi connectivity index (χ0n) is 14.3. The number of carbonyl (C=O) groups excluding carboxylic acids is 1. The van der Waals surface area contributed by atoms with Gasteiger partial charge in [0.2, 0.25) is 0 Å². The van der Waals surface area contributed by atoms with Crippen LogP contribution >= 0.6 is 34.8 Å². The van der Waals surface area contributed by atoms with E-state index in [0.717, 1.165) is 42.7 Å². The number of nitrogens with zero attached hydrogens (tertiary/aromatic N) is 1. The fourth-order valence-corrected chi connectivity index (χ4v) is 3.64. The maximum absolute atomic E-state index is 12.8. The molecule has 138 valence electrons. The van der Waals surface area contributed by atoms with Crippen molar-refractivity contribution in [2.75, 3.05) is 10.2 Å². The summed E-state index contributed by atoms with van der Waals surface area (Å²) in [5.41, 5.74) is 2.69. The number of para-hydroxylation sites is 1. The van der Waals surface area contributed by atoms with Crippen molar-refractivity contribution in [3.05, 3.63) is 54.6 Å². The van der Waals surface area contributed by atoms with Gasteiger partial charge in [0.05, 0.1) is 0 Å². The van der Waals surface area contributed by atoms with Gasteiger partial charge in [-0.05, 0) is 49.2 Å². The molecule has 1 N–H and O–H groups in total. The Morgan fingerprint density at radius 1 is 0.885 bits per heavy atom. The molecule has 1 aliphatic carbocycles. The van der Waals surface area contributed by atoms with Gasteiger partial charge in [-0.3, -0.25) is 4.79 Å². The van der Waals surface area contributed by atoms with Crippen molar-refractivity contribution < 1.29 is 4.79 Å². The monoisotopic (exact) mass is 410 g/mol. The second kappa shape index (κ2) is 8.51. The van der Waals surface area contributed by atoms with E-state index >= 15 is 0 Å². The Labute approximate surface area is 169 Å². The standard InChI is InChI=1S/C20H21Cl3N2O/c21-20(22,23)19(26)25(17-9-5-2-6-10-17)18-13-11-16(12-14-18)24-15-7-3-1-4-8-15/h1,3-4,7-8,11-14,17,24H,2,5-6,9-10H2. The lowest BCUT2D eigenvalue weighted by Gasteiger charge is -2.36. The third-order valence-electron chi connectivity index (χ3n) is 4.61. The number of rotatable bonds is 4. The largest absolute Gasteiger partial charge is 0.356 e. The van der Waals surface area contributed by atoms with Gasteiger partial charge in [0, 0.05) is 23.1 Å². The molecule has 0 atom stereocenters. The van der Waals surface area contributed by atoms with E-state index in [-0.39, 0.29) is 6.04 Å². The molecule has 26 heavy (non-hydrogen) atoms. The molecule has 2 aromatic rings. The smallest absolute Gasteiger partial charge is 0.279 e. The molecule has 6 heteroatoms. The van der Waals surface area contributed by atoms with Gasteiger partial charge in [-0.15, -0.1) is 0 Å². The second-order valence-corrected chi connectivity index (χ2v) is 8.78. The summed E-state index contributed by atoms with van der Waals surface area (Å²) < 4.78 is -1.96. The molecule has 2 aromatic carbocycles. The van der Waals surface area contributed by atoms with E-state index in [9.17, 15) is 4.79 Å². The minimum Gasteiger partial charge on any atom is -0.356 e. The number of carbonyl (C=O) groups is 1. The highest BCUT2D eigenvalue weighted by Gasteiger charge is 2.39. The van der Waals surface area contributed by atoms with Gasteiger partial charge < -0.3 is 10.2 Å². The minimum atomic E-state index is -1.96. The van der Waals surface area contributed by atoms with Gasteiger partial charge in [0.25, 0.3) is 9.70 Å². The molecule has 0 aromatic heterocycles. The highest BCUT2D eigenvalue weighted by Crippen LogP contribution is 2.35. The van der Waals surface area contributed by atoms with E-state index in [1.165, 1.54) is 6.42 Å². The van der Waals surface area contributed by atoms with Crippen LogP contribution in [0.4, 0.5) is 17.1 Å². The third-order valence-corrected chi connectivity index (χ3v) is 5.09. The molecule has 0 spiro atoms. The zero-order chi connectivity index (χ0) is 18.6. The molecule has 0 bridgehead atoms. The van der Waals surface area contributed by atoms with E-state index in [2.05, 4.69) is 5.32 Å². The minimum absolute atomic E-state index is 0.0693. The Morgan fingerprint density at radius 3 is 2.04 bits per heavy atom. The van der Waals surface area contributed by atoms with Crippen molar-refractivity contribution in [2.24, 2.45) is 0 Å². The summed E-state index contributed by atoms with van der Waals surface area (Å²) in [5.74, 6) is -0.488. The molecule has 0 heterocycles. The highest BCUT2D eigenvalue weighted by atomic mass is 35.6. The van der Waals surface area contributed by atoms with Crippen molar-refractivity contribution in [1.82, 2.24) is 0 Å². The molecule has 3 rings (SSSR count). The van der Waals surface area contributed by atoms with Gasteiger partial charge in [0.1, 0.15) is 0 Å². The fraction of sp³-hybridized carbons (Fsp3) is 0.350. The Bertz CT molecular complexity index is 723. The Hall–Kier alpha value is -1.42. The number of amides is 1.